The third-order valence-corrected chi connectivity index (χ3v) is 2.98. The van der Waals surface area contributed by atoms with Crippen LogP contribution in [-0.2, 0) is 6.42 Å². The molecule has 0 saturated carbocycles. The lowest BCUT2D eigenvalue weighted by Crippen LogP contribution is -2.02. The highest BCUT2D eigenvalue weighted by Gasteiger charge is 2.21. The molecule has 0 spiro atoms. The Balaban J connectivity index is 3.26. The van der Waals surface area contributed by atoms with Crippen LogP contribution in [0.4, 0.5) is 13.2 Å². The highest BCUT2D eigenvalue weighted by atomic mass is 79.9. The zero-order valence-corrected chi connectivity index (χ0v) is 9.80. The van der Waals surface area contributed by atoms with E-state index in [1.165, 1.54) is 0 Å². The molecule has 1 aromatic rings. The number of hydrogen-bond acceptors (Lipinski definition) is 1. The molecule has 1 N–H and O–H groups in total. The van der Waals surface area contributed by atoms with Crippen molar-refractivity contribution in [3.8, 4) is 0 Å². The van der Waals surface area contributed by atoms with E-state index in [9.17, 15) is 13.2 Å². The van der Waals surface area contributed by atoms with E-state index in [4.69, 9.17) is 16.7 Å². The fraction of sp³-hybridized carbons (Fsp3) is 0.333. The number of aliphatic hydroxyl groups excluding tert-OH is 1. The summed E-state index contributed by atoms with van der Waals surface area (Å²) in [5.74, 6) is -3.50. The van der Waals surface area contributed by atoms with Crippen molar-refractivity contribution >= 4 is 27.5 Å². The Bertz CT molecular complexity index is 355. The minimum absolute atomic E-state index is 0.0116. The summed E-state index contributed by atoms with van der Waals surface area (Å²) in [4.78, 5) is 0. The van der Waals surface area contributed by atoms with Crippen LogP contribution in [0.1, 0.15) is 12.0 Å². The highest BCUT2D eigenvalue weighted by Crippen LogP contribution is 2.32. The second kappa shape index (κ2) is 5.18. The van der Waals surface area contributed by atoms with Crippen LogP contribution in [0.3, 0.4) is 0 Å². The lowest BCUT2D eigenvalue weighted by molar-refractivity contribution is 0.287. The Kier molecular flexibility index (Phi) is 4.43. The molecular formula is C9H7BrClF3O. The van der Waals surface area contributed by atoms with Crippen molar-refractivity contribution in [2.75, 3.05) is 6.61 Å². The van der Waals surface area contributed by atoms with E-state index < -0.39 is 26.9 Å². The lowest BCUT2D eigenvalue weighted by atomic mass is 10.1. The normalized spacial score (nSPS) is 10.8. The number of benzene rings is 1. The Morgan fingerprint density at radius 1 is 1.13 bits per heavy atom. The minimum atomic E-state index is -1.30. The number of rotatable bonds is 3. The quantitative estimate of drug-likeness (QED) is 0.670. The fourth-order valence-corrected chi connectivity index (χ4v) is 1.88. The molecule has 6 heteroatoms. The molecule has 1 rings (SSSR count). The predicted molar refractivity (Wildman–Crippen MR) is 54.4 cm³/mol. The maximum atomic E-state index is 13.3. The molecular weight excluding hydrogens is 296 g/mol. The van der Waals surface area contributed by atoms with Crippen LogP contribution in [0.25, 0.3) is 0 Å². The first kappa shape index (κ1) is 12.8. The Labute approximate surface area is 98.0 Å². The molecule has 0 unspecified atom stereocenters. The molecule has 0 fully saturated rings. The van der Waals surface area contributed by atoms with Crippen molar-refractivity contribution in [2.45, 2.75) is 12.8 Å². The predicted octanol–water partition coefficient (Wildman–Crippen LogP) is 3.44. The summed E-state index contributed by atoms with van der Waals surface area (Å²) in [6.45, 7) is -0.199. The molecule has 0 aliphatic carbocycles. The lowest BCUT2D eigenvalue weighted by Gasteiger charge is -2.08. The third kappa shape index (κ3) is 2.46. The summed E-state index contributed by atoms with van der Waals surface area (Å²) in [5, 5.41) is 8.09. The van der Waals surface area contributed by atoms with Gasteiger partial charge in [-0.2, -0.15) is 0 Å². The van der Waals surface area contributed by atoms with Crippen LogP contribution < -0.4 is 0 Å². The topological polar surface area (TPSA) is 20.2 Å². The van der Waals surface area contributed by atoms with Gasteiger partial charge in [0.2, 0.25) is 0 Å². The molecule has 84 valence electrons. The molecule has 1 nitrogen and oxygen atoms in total. The van der Waals surface area contributed by atoms with Gasteiger partial charge >= 0.3 is 0 Å². The second-order valence-electron chi connectivity index (χ2n) is 2.88. The molecule has 0 aromatic heterocycles. The van der Waals surface area contributed by atoms with E-state index in [2.05, 4.69) is 15.9 Å². The standard InChI is InChI=1S/C9H7BrClF3O/c10-5-8(13)6(11)4(2-1-3-15)7(12)9(5)14/h15H,1-3H2. The number of halogens is 5. The summed E-state index contributed by atoms with van der Waals surface area (Å²) >= 11 is 8.08. The van der Waals surface area contributed by atoms with E-state index in [1.54, 1.807) is 0 Å². The van der Waals surface area contributed by atoms with E-state index in [1.807, 2.05) is 0 Å². The summed E-state index contributed by atoms with van der Waals surface area (Å²) in [7, 11) is 0. The first-order valence-corrected chi connectivity index (χ1v) is 5.29. The highest BCUT2D eigenvalue weighted by molar-refractivity contribution is 9.10. The van der Waals surface area contributed by atoms with Gasteiger partial charge in [0.1, 0.15) is 0 Å². The fourth-order valence-electron chi connectivity index (χ4n) is 1.13. The Morgan fingerprint density at radius 3 is 2.27 bits per heavy atom. The van der Waals surface area contributed by atoms with E-state index >= 15 is 0 Å². The van der Waals surface area contributed by atoms with Crippen molar-refractivity contribution < 1.29 is 18.3 Å². The largest absolute Gasteiger partial charge is 0.396 e. The van der Waals surface area contributed by atoms with Crippen molar-refractivity contribution in [3.05, 3.63) is 32.5 Å². The summed E-state index contributed by atoms with van der Waals surface area (Å²) in [6.07, 6.45) is 0.180. The van der Waals surface area contributed by atoms with Crippen molar-refractivity contribution in [2.24, 2.45) is 0 Å². The van der Waals surface area contributed by atoms with Gasteiger partial charge in [0, 0.05) is 12.2 Å². The van der Waals surface area contributed by atoms with E-state index in [-0.39, 0.29) is 25.0 Å². The van der Waals surface area contributed by atoms with Crippen LogP contribution >= 0.6 is 27.5 Å². The van der Waals surface area contributed by atoms with Gasteiger partial charge < -0.3 is 5.11 Å². The first-order chi connectivity index (χ1) is 7.00. The maximum absolute atomic E-state index is 13.3. The summed E-state index contributed by atoms with van der Waals surface area (Å²) in [5.41, 5.74) is -0.246. The van der Waals surface area contributed by atoms with Gasteiger partial charge in [-0.05, 0) is 28.8 Å². The van der Waals surface area contributed by atoms with Gasteiger partial charge in [-0.15, -0.1) is 0 Å². The van der Waals surface area contributed by atoms with E-state index in [0.717, 1.165) is 0 Å². The van der Waals surface area contributed by atoms with Gasteiger partial charge in [0.25, 0.3) is 0 Å². The zero-order chi connectivity index (χ0) is 11.6. The minimum Gasteiger partial charge on any atom is -0.396 e. The van der Waals surface area contributed by atoms with Gasteiger partial charge in [-0.3, -0.25) is 0 Å². The van der Waals surface area contributed by atoms with Crippen molar-refractivity contribution in [3.63, 3.8) is 0 Å². The average Bonchev–Trinajstić information content (AvgIpc) is 2.24. The van der Waals surface area contributed by atoms with Gasteiger partial charge in [0.05, 0.1) is 9.50 Å². The van der Waals surface area contributed by atoms with Crippen LogP contribution in [0.2, 0.25) is 5.02 Å². The SMILES string of the molecule is OCCCc1c(F)c(F)c(Br)c(F)c1Cl. The number of aliphatic hydroxyl groups is 1. The van der Waals surface area contributed by atoms with Crippen LogP contribution in [0, 0.1) is 17.5 Å². The molecule has 0 atom stereocenters. The summed E-state index contributed by atoms with van der Waals surface area (Å²) in [6, 6.07) is 0. The maximum Gasteiger partial charge on any atom is 0.176 e. The van der Waals surface area contributed by atoms with Crippen LogP contribution in [0.5, 0.6) is 0 Å². The molecule has 0 aliphatic heterocycles. The smallest absolute Gasteiger partial charge is 0.176 e. The van der Waals surface area contributed by atoms with Crippen molar-refractivity contribution in [1.82, 2.24) is 0 Å². The summed E-state index contributed by atoms with van der Waals surface area (Å²) < 4.78 is 39.0. The molecule has 15 heavy (non-hydrogen) atoms. The first-order valence-electron chi connectivity index (χ1n) is 4.11. The molecule has 1 aromatic carbocycles. The molecule has 0 bridgehead atoms. The van der Waals surface area contributed by atoms with Crippen molar-refractivity contribution in [1.29, 1.82) is 0 Å². The molecule has 0 saturated heterocycles. The zero-order valence-electron chi connectivity index (χ0n) is 7.46. The monoisotopic (exact) mass is 302 g/mol. The Hall–Kier alpha value is -0.260. The van der Waals surface area contributed by atoms with Gasteiger partial charge in [-0.1, -0.05) is 11.6 Å². The molecule has 0 aliphatic rings. The third-order valence-electron chi connectivity index (χ3n) is 1.89. The van der Waals surface area contributed by atoms with E-state index in [0.29, 0.717) is 0 Å². The van der Waals surface area contributed by atoms with Gasteiger partial charge in [-0.25, -0.2) is 13.2 Å². The molecule has 0 radical (unpaired) electrons. The number of hydrogen-bond donors (Lipinski definition) is 1. The van der Waals surface area contributed by atoms with Gasteiger partial charge in [0.15, 0.2) is 17.5 Å². The van der Waals surface area contributed by atoms with Crippen LogP contribution in [-0.4, -0.2) is 11.7 Å². The molecule has 0 amide bonds. The second-order valence-corrected chi connectivity index (χ2v) is 4.05. The van der Waals surface area contributed by atoms with Crippen LogP contribution in [0.15, 0.2) is 4.47 Å². The molecule has 0 heterocycles. The Morgan fingerprint density at radius 2 is 1.73 bits per heavy atom. The average molecular weight is 304 g/mol.